The van der Waals surface area contributed by atoms with Gasteiger partial charge in [-0.25, -0.2) is 9.97 Å². The lowest BCUT2D eigenvalue weighted by Crippen LogP contribution is -2.45. The van der Waals surface area contributed by atoms with Crippen molar-refractivity contribution >= 4 is 34.1 Å². The van der Waals surface area contributed by atoms with Crippen LogP contribution in [0, 0.1) is 6.92 Å². The number of nitrogens with one attached hydrogen (secondary N) is 1. The fraction of sp³-hybridized carbons (Fsp3) is 0.600. The zero-order chi connectivity index (χ0) is 16.2. The molecule has 6 nitrogen and oxygen atoms in total. The molecule has 0 aliphatic heterocycles. The fourth-order valence-electron chi connectivity index (χ4n) is 2.88. The molecule has 2 aromatic rings. The Morgan fingerprint density at radius 1 is 1.43 bits per heavy atom. The van der Waals surface area contributed by atoms with E-state index in [0.29, 0.717) is 5.16 Å². The van der Waals surface area contributed by atoms with Crippen LogP contribution in [-0.4, -0.2) is 37.4 Å². The fourth-order valence-corrected chi connectivity index (χ4v) is 4.42. The Morgan fingerprint density at radius 2 is 2.22 bits per heavy atom. The molecule has 8 heteroatoms. The average molecular weight is 352 g/mol. The molecular formula is C15H21N5OS2. The van der Waals surface area contributed by atoms with E-state index in [1.165, 1.54) is 42.4 Å². The van der Waals surface area contributed by atoms with Crippen LogP contribution < -0.4 is 4.90 Å². The van der Waals surface area contributed by atoms with E-state index in [-0.39, 0.29) is 17.2 Å². The normalized spacial score (nSPS) is 17.1. The molecule has 0 saturated heterocycles. The summed E-state index contributed by atoms with van der Waals surface area (Å²) in [5.74, 6) is 0.857. The summed E-state index contributed by atoms with van der Waals surface area (Å²) in [6.45, 7) is 3.77. The first kappa shape index (κ1) is 16.4. The Morgan fingerprint density at radius 3 is 2.83 bits per heavy atom. The second-order valence-electron chi connectivity index (χ2n) is 5.78. The van der Waals surface area contributed by atoms with Crippen molar-refractivity contribution in [1.82, 2.24) is 20.2 Å². The van der Waals surface area contributed by atoms with Crippen molar-refractivity contribution in [2.45, 2.75) is 62.4 Å². The highest BCUT2D eigenvalue weighted by Crippen LogP contribution is 2.31. The van der Waals surface area contributed by atoms with Gasteiger partial charge in [0.2, 0.25) is 11.1 Å². The lowest BCUT2D eigenvalue weighted by molar-refractivity contribution is -0.118. The van der Waals surface area contributed by atoms with Crippen molar-refractivity contribution in [3.8, 4) is 0 Å². The average Bonchev–Trinajstić information content (AvgIpc) is 3.21. The summed E-state index contributed by atoms with van der Waals surface area (Å²) < 4.78 is 0. The molecule has 1 saturated carbocycles. The molecule has 124 valence electrons. The van der Waals surface area contributed by atoms with Crippen LogP contribution in [0.3, 0.4) is 0 Å². The first-order valence-electron chi connectivity index (χ1n) is 7.93. The van der Waals surface area contributed by atoms with E-state index in [9.17, 15) is 4.79 Å². The van der Waals surface area contributed by atoms with Crippen molar-refractivity contribution in [2.24, 2.45) is 0 Å². The highest BCUT2D eigenvalue weighted by atomic mass is 32.2. The van der Waals surface area contributed by atoms with Gasteiger partial charge in [0.05, 0.1) is 5.25 Å². The quantitative estimate of drug-likeness (QED) is 0.836. The number of aromatic nitrogens is 4. The van der Waals surface area contributed by atoms with E-state index in [1.54, 1.807) is 6.20 Å². The lowest BCUT2D eigenvalue weighted by atomic mass is 9.94. The monoisotopic (exact) mass is 351 g/mol. The van der Waals surface area contributed by atoms with Crippen molar-refractivity contribution in [1.29, 1.82) is 0 Å². The maximum atomic E-state index is 13.1. The van der Waals surface area contributed by atoms with Gasteiger partial charge < -0.3 is 0 Å². The van der Waals surface area contributed by atoms with Crippen LogP contribution in [0.25, 0.3) is 0 Å². The second kappa shape index (κ2) is 7.44. The Labute approximate surface area is 144 Å². The number of hydrogen-bond acceptors (Lipinski definition) is 6. The van der Waals surface area contributed by atoms with Gasteiger partial charge in [0, 0.05) is 17.6 Å². The Kier molecular flexibility index (Phi) is 5.32. The lowest BCUT2D eigenvalue weighted by Gasteiger charge is -2.33. The number of amides is 1. The van der Waals surface area contributed by atoms with Crippen molar-refractivity contribution in [2.75, 3.05) is 4.90 Å². The van der Waals surface area contributed by atoms with Gasteiger partial charge in [-0.3, -0.25) is 14.8 Å². The molecule has 0 bridgehead atoms. The van der Waals surface area contributed by atoms with Crippen LogP contribution in [0.4, 0.5) is 5.13 Å². The summed E-state index contributed by atoms with van der Waals surface area (Å²) in [7, 11) is 0. The van der Waals surface area contributed by atoms with Gasteiger partial charge in [-0.1, -0.05) is 31.0 Å². The molecule has 23 heavy (non-hydrogen) atoms. The number of carbonyl (C=O) groups is 1. The van der Waals surface area contributed by atoms with Crippen LogP contribution in [0.15, 0.2) is 16.7 Å². The number of aromatic amines is 1. The topological polar surface area (TPSA) is 74.8 Å². The predicted octanol–water partition coefficient (Wildman–Crippen LogP) is 3.42. The van der Waals surface area contributed by atoms with E-state index in [4.69, 9.17) is 0 Å². The highest BCUT2D eigenvalue weighted by molar-refractivity contribution is 8.00. The standard InChI is InChI=1S/C15H21N5OS2/c1-10(23-14-17-11(2)18-19-14)13(21)20(15-16-8-9-22-15)12-6-4-3-5-7-12/h8-10,12H,3-7H2,1-2H3,(H,17,18,19)/t10-/m1/s1. The maximum Gasteiger partial charge on any atom is 0.242 e. The molecule has 1 aliphatic carbocycles. The van der Waals surface area contributed by atoms with Gasteiger partial charge in [0.15, 0.2) is 5.13 Å². The molecule has 1 atom stereocenters. The molecular weight excluding hydrogens is 330 g/mol. The van der Waals surface area contributed by atoms with Crippen molar-refractivity contribution < 1.29 is 4.79 Å². The smallest absolute Gasteiger partial charge is 0.242 e. The molecule has 2 aromatic heterocycles. The molecule has 0 spiro atoms. The molecule has 2 heterocycles. The van der Waals surface area contributed by atoms with Crippen LogP contribution in [-0.2, 0) is 4.79 Å². The minimum Gasteiger partial charge on any atom is -0.284 e. The van der Waals surface area contributed by atoms with Crippen LogP contribution in [0.5, 0.6) is 0 Å². The number of rotatable bonds is 5. The van der Waals surface area contributed by atoms with Crippen molar-refractivity contribution in [3.63, 3.8) is 0 Å². The number of aryl methyl sites for hydroxylation is 1. The van der Waals surface area contributed by atoms with E-state index >= 15 is 0 Å². The molecule has 1 aliphatic rings. The highest BCUT2D eigenvalue weighted by Gasteiger charge is 2.32. The number of thiazole rings is 1. The van der Waals surface area contributed by atoms with E-state index < -0.39 is 0 Å². The zero-order valence-electron chi connectivity index (χ0n) is 13.4. The number of H-pyrrole nitrogens is 1. The molecule has 3 rings (SSSR count). The first-order valence-corrected chi connectivity index (χ1v) is 9.69. The molecule has 1 N–H and O–H groups in total. The molecule has 1 amide bonds. The summed E-state index contributed by atoms with van der Waals surface area (Å²) in [5.41, 5.74) is 0. The molecule has 0 radical (unpaired) electrons. The number of nitrogens with zero attached hydrogens (tertiary/aromatic N) is 4. The zero-order valence-corrected chi connectivity index (χ0v) is 15.0. The van der Waals surface area contributed by atoms with Gasteiger partial charge in [0.1, 0.15) is 5.82 Å². The Hall–Kier alpha value is -1.41. The molecule has 0 aromatic carbocycles. The van der Waals surface area contributed by atoms with E-state index in [1.807, 2.05) is 24.1 Å². The van der Waals surface area contributed by atoms with E-state index in [2.05, 4.69) is 20.2 Å². The van der Waals surface area contributed by atoms with E-state index in [0.717, 1.165) is 23.8 Å². The third kappa shape index (κ3) is 3.92. The van der Waals surface area contributed by atoms with Crippen LogP contribution in [0.1, 0.15) is 44.9 Å². The molecule has 1 fully saturated rings. The predicted molar refractivity (Wildman–Crippen MR) is 92.9 cm³/mol. The minimum atomic E-state index is -0.240. The SMILES string of the molecule is Cc1nc(S[C@H](C)C(=O)N(c2nccs2)C2CCCCC2)n[nH]1. The largest absolute Gasteiger partial charge is 0.284 e. The number of hydrogen-bond donors (Lipinski definition) is 1. The molecule has 0 unspecified atom stereocenters. The number of thioether (sulfide) groups is 1. The summed E-state index contributed by atoms with van der Waals surface area (Å²) in [6, 6.07) is 0.263. The van der Waals surface area contributed by atoms with Crippen LogP contribution in [0.2, 0.25) is 0 Å². The maximum absolute atomic E-state index is 13.1. The van der Waals surface area contributed by atoms with Crippen LogP contribution >= 0.6 is 23.1 Å². The van der Waals surface area contributed by atoms with Gasteiger partial charge >= 0.3 is 0 Å². The third-order valence-corrected chi connectivity index (χ3v) is 5.73. The second-order valence-corrected chi connectivity index (χ2v) is 7.96. The minimum absolute atomic E-state index is 0.0966. The Bertz CT molecular complexity index is 636. The third-order valence-electron chi connectivity index (χ3n) is 4.01. The summed E-state index contributed by atoms with van der Waals surface area (Å²) >= 11 is 2.92. The summed E-state index contributed by atoms with van der Waals surface area (Å²) in [6.07, 6.45) is 7.50. The summed E-state index contributed by atoms with van der Waals surface area (Å²) in [4.78, 5) is 23.6. The van der Waals surface area contributed by atoms with Crippen molar-refractivity contribution in [3.05, 3.63) is 17.4 Å². The number of carbonyl (C=O) groups excluding carboxylic acids is 1. The summed E-state index contributed by atoms with van der Waals surface area (Å²) in [5, 5.41) is 10.0. The first-order chi connectivity index (χ1) is 11.1. The Balaban J connectivity index is 1.76. The van der Waals surface area contributed by atoms with Gasteiger partial charge in [-0.2, -0.15) is 0 Å². The van der Waals surface area contributed by atoms with Gasteiger partial charge in [-0.05, 0) is 26.7 Å². The number of anilines is 1. The van der Waals surface area contributed by atoms with Gasteiger partial charge in [-0.15, -0.1) is 16.4 Å². The van der Waals surface area contributed by atoms with Gasteiger partial charge in [0.25, 0.3) is 0 Å².